The highest BCUT2D eigenvalue weighted by molar-refractivity contribution is 7.99. The second kappa shape index (κ2) is 5.61. The van der Waals surface area contributed by atoms with Gasteiger partial charge in [0.15, 0.2) is 0 Å². The van der Waals surface area contributed by atoms with Gasteiger partial charge in [-0.05, 0) is 39.9 Å². The molecule has 1 aliphatic rings. The molecule has 1 fully saturated rings. The van der Waals surface area contributed by atoms with Crippen LogP contribution < -0.4 is 5.32 Å². The molecule has 2 N–H and O–H groups in total. The number of carboxylic acid groups (broad SMARTS) is 1. The molecule has 0 aromatic rings. The summed E-state index contributed by atoms with van der Waals surface area (Å²) in [4.78, 5) is 25.2. The smallest absolute Gasteiger partial charge is 0.317 e. The predicted molar refractivity (Wildman–Crippen MR) is 77.5 cm³/mol. The SMILES string of the molecule is CN(C(=O)NC(C)(C)C(C)(C)C(=O)O)C1CCSC1. The van der Waals surface area contributed by atoms with Crippen LogP contribution >= 0.6 is 11.8 Å². The first kappa shape index (κ1) is 16.1. The van der Waals surface area contributed by atoms with E-state index in [1.165, 1.54) is 0 Å². The van der Waals surface area contributed by atoms with Crippen LogP contribution in [0.4, 0.5) is 4.79 Å². The van der Waals surface area contributed by atoms with Crippen LogP contribution in [0.3, 0.4) is 0 Å². The average molecular weight is 288 g/mol. The van der Waals surface area contributed by atoms with E-state index in [0.717, 1.165) is 17.9 Å². The van der Waals surface area contributed by atoms with Gasteiger partial charge in [-0.3, -0.25) is 4.79 Å². The molecule has 0 aromatic heterocycles. The Morgan fingerprint density at radius 2 is 1.89 bits per heavy atom. The van der Waals surface area contributed by atoms with E-state index in [0.29, 0.717) is 0 Å². The average Bonchev–Trinajstić information content (AvgIpc) is 2.80. The molecule has 0 spiro atoms. The van der Waals surface area contributed by atoms with Crippen molar-refractivity contribution in [2.75, 3.05) is 18.6 Å². The second-order valence-corrected chi connectivity index (χ2v) is 7.26. The quantitative estimate of drug-likeness (QED) is 0.830. The Morgan fingerprint density at radius 1 is 1.32 bits per heavy atom. The summed E-state index contributed by atoms with van der Waals surface area (Å²) in [5.41, 5.74) is -1.86. The molecule has 1 unspecified atom stereocenters. The van der Waals surface area contributed by atoms with Crippen molar-refractivity contribution in [1.82, 2.24) is 10.2 Å². The summed E-state index contributed by atoms with van der Waals surface area (Å²) < 4.78 is 0. The molecule has 1 saturated heterocycles. The molecule has 0 radical (unpaired) electrons. The summed E-state index contributed by atoms with van der Waals surface area (Å²) in [6.45, 7) is 6.74. The monoisotopic (exact) mass is 288 g/mol. The Hall–Kier alpha value is -0.910. The van der Waals surface area contributed by atoms with Gasteiger partial charge >= 0.3 is 12.0 Å². The van der Waals surface area contributed by atoms with Gasteiger partial charge < -0.3 is 15.3 Å². The van der Waals surface area contributed by atoms with Gasteiger partial charge in [0.2, 0.25) is 0 Å². The molecule has 1 heterocycles. The van der Waals surface area contributed by atoms with Crippen LogP contribution in [0.15, 0.2) is 0 Å². The van der Waals surface area contributed by atoms with Crippen LogP contribution in [0, 0.1) is 5.41 Å². The zero-order chi connectivity index (χ0) is 14.8. The van der Waals surface area contributed by atoms with Gasteiger partial charge in [0.05, 0.1) is 11.0 Å². The first-order chi connectivity index (χ1) is 8.59. The first-order valence-corrected chi connectivity index (χ1v) is 7.61. The molecular weight excluding hydrogens is 264 g/mol. The summed E-state index contributed by atoms with van der Waals surface area (Å²) in [6.07, 6.45) is 0.997. The molecule has 6 heteroatoms. The molecular formula is C13H24N2O3S. The number of thioether (sulfide) groups is 1. The Labute approximate surface area is 119 Å². The third-order valence-electron chi connectivity index (χ3n) is 4.29. The van der Waals surface area contributed by atoms with Crippen LogP contribution in [0.5, 0.6) is 0 Å². The van der Waals surface area contributed by atoms with E-state index >= 15 is 0 Å². The minimum atomic E-state index is -1.03. The Bertz CT molecular complexity index is 363. The third-order valence-corrected chi connectivity index (χ3v) is 5.44. The lowest BCUT2D eigenvalue weighted by atomic mass is 9.74. The molecule has 0 aliphatic carbocycles. The fourth-order valence-corrected chi connectivity index (χ4v) is 3.04. The van der Waals surface area contributed by atoms with Gasteiger partial charge in [-0.2, -0.15) is 11.8 Å². The number of urea groups is 1. The number of carboxylic acids is 1. The van der Waals surface area contributed by atoms with Gasteiger partial charge in [0.25, 0.3) is 0 Å². The first-order valence-electron chi connectivity index (χ1n) is 6.45. The molecule has 1 atom stereocenters. The number of hydrogen-bond acceptors (Lipinski definition) is 3. The molecule has 5 nitrogen and oxygen atoms in total. The topological polar surface area (TPSA) is 69.6 Å². The van der Waals surface area contributed by atoms with Crippen molar-refractivity contribution in [2.24, 2.45) is 5.41 Å². The minimum Gasteiger partial charge on any atom is -0.481 e. The van der Waals surface area contributed by atoms with E-state index in [2.05, 4.69) is 5.32 Å². The highest BCUT2D eigenvalue weighted by Gasteiger charge is 2.45. The van der Waals surface area contributed by atoms with Gasteiger partial charge in [0.1, 0.15) is 0 Å². The van der Waals surface area contributed by atoms with Crippen molar-refractivity contribution in [2.45, 2.75) is 45.7 Å². The standard InChI is InChI=1S/C13H24N2O3S/c1-12(2,10(16)17)13(3,4)14-11(18)15(5)9-6-7-19-8-9/h9H,6-8H2,1-5H3,(H,14,18)(H,16,17). The summed E-state index contributed by atoms with van der Waals surface area (Å²) >= 11 is 1.84. The molecule has 110 valence electrons. The lowest BCUT2D eigenvalue weighted by molar-refractivity contribution is -0.150. The number of aliphatic carboxylic acids is 1. The maximum atomic E-state index is 12.2. The van der Waals surface area contributed by atoms with Crippen LogP contribution in [0.2, 0.25) is 0 Å². The van der Waals surface area contributed by atoms with Crippen molar-refractivity contribution in [1.29, 1.82) is 0 Å². The van der Waals surface area contributed by atoms with Crippen molar-refractivity contribution in [3.05, 3.63) is 0 Å². The van der Waals surface area contributed by atoms with Gasteiger partial charge in [0, 0.05) is 18.8 Å². The molecule has 1 rings (SSSR count). The lowest BCUT2D eigenvalue weighted by Gasteiger charge is -2.40. The van der Waals surface area contributed by atoms with Crippen molar-refractivity contribution in [3.63, 3.8) is 0 Å². The van der Waals surface area contributed by atoms with E-state index in [-0.39, 0.29) is 12.1 Å². The molecule has 0 aromatic carbocycles. The van der Waals surface area contributed by atoms with Crippen molar-refractivity contribution < 1.29 is 14.7 Å². The highest BCUT2D eigenvalue weighted by atomic mass is 32.2. The fourth-order valence-electron chi connectivity index (χ4n) is 1.77. The van der Waals surface area contributed by atoms with E-state index in [9.17, 15) is 14.7 Å². The largest absolute Gasteiger partial charge is 0.481 e. The zero-order valence-corrected chi connectivity index (χ0v) is 13.1. The maximum Gasteiger partial charge on any atom is 0.317 e. The van der Waals surface area contributed by atoms with Crippen LogP contribution in [-0.2, 0) is 4.79 Å². The number of hydrogen-bond donors (Lipinski definition) is 2. The molecule has 2 amide bonds. The molecule has 1 aliphatic heterocycles. The number of nitrogens with one attached hydrogen (secondary N) is 1. The summed E-state index contributed by atoms with van der Waals surface area (Å²) in [7, 11) is 1.77. The van der Waals surface area contributed by atoms with E-state index < -0.39 is 16.9 Å². The Kier molecular flexibility index (Phi) is 4.76. The normalized spacial score (nSPS) is 20.2. The van der Waals surface area contributed by atoms with Crippen LogP contribution in [0.1, 0.15) is 34.1 Å². The lowest BCUT2D eigenvalue weighted by Crippen LogP contribution is -2.60. The summed E-state index contributed by atoms with van der Waals surface area (Å²) in [6, 6.07) is 0.0422. The van der Waals surface area contributed by atoms with Crippen LogP contribution in [-0.4, -0.2) is 52.1 Å². The molecule has 0 bridgehead atoms. The third kappa shape index (κ3) is 3.35. The van der Waals surface area contributed by atoms with Gasteiger partial charge in [-0.15, -0.1) is 0 Å². The number of nitrogens with zero attached hydrogens (tertiary/aromatic N) is 1. The summed E-state index contributed by atoms with van der Waals surface area (Å²) in [5, 5.41) is 12.1. The number of carbonyl (C=O) groups is 2. The van der Waals surface area contributed by atoms with Crippen LogP contribution in [0.25, 0.3) is 0 Å². The molecule has 19 heavy (non-hydrogen) atoms. The number of rotatable bonds is 4. The van der Waals surface area contributed by atoms with Gasteiger partial charge in [-0.1, -0.05) is 0 Å². The van der Waals surface area contributed by atoms with Gasteiger partial charge in [-0.25, -0.2) is 4.79 Å². The predicted octanol–water partition coefficient (Wildman–Crippen LogP) is 2.02. The molecule has 0 saturated carbocycles. The Morgan fingerprint density at radius 3 is 2.32 bits per heavy atom. The zero-order valence-electron chi connectivity index (χ0n) is 12.3. The maximum absolute atomic E-state index is 12.2. The second-order valence-electron chi connectivity index (χ2n) is 6.11. The minimum absolute atomic E-state index is 0.202. The number of amides is 2. The number of carbonyl (C=O) groups excluding carboxylic acids is 1. The van der Waals surface area contributed by atoms with E-state index in [4.69, 9.17) is 0 Å². The summed E-state index contributed by atoms with van der Waals surface area (Å²) in [5.74, 6) is 1.11. The Balaban J connectivity index is 2.71. The van der Waals surface area contributed by atoms with Crippen molar-refractivity contribution in [3.8, 4) is 0 Å². The highest BCUT2D eigenvalue weighted by Crippen LogP contribution is 2.31. The van der Waals surface area contributed by atoms with Crippen molar-refractivity contribution >= 4 is 23.8 Å². The van der Waals surface area contributed by atoms with E-state index in [1.54, 1.807) is 39.6 Å². The van der Waals surface area contributed by atoms with E-state index in [1.807, 2.05) is 11.8 Å². The fraction of sp³-hybridized carbons (Fsp3) is 0.846.